The third-order valence-corrected chi connectivity index (χ3v) is 7.34. The number of fused-ring (bicyclic) bond motifs is 1. The van der Waals surface area contributed by atoms with Gasteiger partial charge in [-0.1, -0.05) is 32.0 Å². The summed E-state index contributed by atoms with van der Waals surface area (Å²) in [5.41, 5.74) is 3.73. The Bertz CT molecular complexity index is 1110. The first-order valence-corrected chi connectivity index (χ1v) is 13.2. The highest BCUT2D eigenvalue weighted by Gasteiger charge is 2.30. The maximum absolute atomic E-state index is 5.65. The van der Waals surface area contributed by atoms with Crippen LogP contribution in [0.5, 0.6) is 5.75 Å². The standard InChI is InChI=1S/C29H38N4O/c1-4-16-32(17-5-2)23-12-13-26-25(20-23)29(31-28(30-26)22-10-11-22)33-18-14-21(15-19-33)24-8-6-7-9-27(24)34-3/h6-9,12-13,20-22H,4-5,10-11,14-19H2,1-3H3. The van der Waals surface area contributed by atoms with Gasteiger partial charge in [0.2, 0.25) is 0 Å². The monoisotopic (exact) mass is 458 g/mol. The number of hydrogen-bond acceptors (Lipinski definition) is 5. The summed E-state index contributed by atoms with van der Waals surface area (Å²) < 4.78 is 5.65. The lowest BCUT2D eigenvalue weighted by molar-refractivity contribution is 0.397. The Balaban J connectivity index is 1.46. The second-order valence-corrected chi connectivity index (χ2v) is 9.87. The van der Waals surface area contributed by atoms with Crippen molar-refractivity contribution in [2.75, 3.05) is 43.1 Å². The van der Waals surface area contributed by atoms with Crippen LogP contribution in [0.25, 0.3) is 10.9 Å². The molecule has 0 amide bonds. The van der Waals surface area contributed by atoms with Crippen LogP contribution < -0.4 is 14.5 Å². The van der Waals surface area contributed by atoms with Gasteiger partial charge in [-0.3, -0.25) is 0 Å². The Labute approximate surface area is 204 Å². The highest BCUT2D eigenvalue weighted by Crippen LogP contribution is 2.41. The molecule has 2 heterocycles. The molecule has 1 aromatic heterocycles. The van der Waals surface area contributed by atoms with E-state index in [1.54, 1.807) is 7.11 Å². The van der Waals surface area contributed by atoms with Crippen molar-refractivity contribution >= 4 is 22.4 Å². The summed E-state index contributed by atoms with van der Waals surface area (Å²) in [4.78, 5) is 15.2. The highest BCUT2D eigenvalue weighted by atomic mass is 16.5. The number of ether oxygens (including phenoxy) is 1. The van der Waals surface area contributed by atoms with E-state index in [1.807, 2.05) is 0 Å². The Kier molecular flexibility index (Phi) is 6.89. The Hall–Kier alpha value is -2.82. The highest BCUT2D eigenvalue weighted by molar-refractivity contribution is 5.92. The van der Waals surface area contributed by atoms with Crippen LogP contribution in [0.15, 0.2) is 42.5 Å². The second-order valence-electron chi connectivity index (χ2n) is 9.87. The number of aromatic nitrogens is 2. The smallest absolute Gasteiger partial charge is 0.140 e. The number of piperidine rings is 1. The number of anilines is 2. The van der Waals surface area contributed by atoms with Crippen molar-refractivity contribution in [1.29, 1.82) is 0 Å². The first kappa shape index (κ1) is 22.9. The molecule has 0 radical (unpaired) electrons. The van der Waals surface area contributed by atoms with Gasteiger partial charge in [0.05, 0.1) is 12.6 Å². The fraction of sp³-hybridized carbons (Fsp3) is 0.517. The van der Waals surface area contributed by atoms with Gasteiger partial charge in [0, 0.05) is 43.2 Å². The van der Waals surface area contributed by atoms with E-state index in [0.717, 1.165) is 74.8 Å². The molecule has 1 saturated heterocycles. The SMILES string of the molecule is CCCN(CCC)c1ccc2nc(C3CC3)nc(N3CCC(c4ccccc4OC)CC3)c2c1. The molecular formula is C29H38N4O. The van der Waals surface area contributed by atoms with Gasteiger partial charge in [-0.15, -0.1) is 0 Å². The van der Waals surface area contributed by atoms with Crippen molar-refractivity contribution in [3.8, 4) is 5.75 Å². The average Bonchev–Trinajstić information content (AvgIpc) is 3.73. The molecular weight excluding hydrogens is 420 g/mol. The minimum absolute atomic E-state index is 0.531. The molecule has 0 spiro atoms. The maximum atomic E-state index is 5.65. The van der Waals surface area contributed by atoms with E-state index < -0.39 is 0 Å². The van der Waals surface area contributed by atoms with Gasteiger partial charge >= 0.3 is 0 Å². The zero-order valence-corrected chi connectivity index (χ0v) is 21.0. The van der Waals surface area contributed by atoms with E-state index in [0.29, 0.717) is 11.8 Å². The summed E-state index contributed by atoms with van der Waals surface area (Å²) in [6.07, 6.45) is 6.97. The molecule has 5 nitrogen and oxygen atoms in total. The van der Waals surface area contributed by atoms with E-state index in [-0.39, 0.29) is 0 Å². The van der Waals surface area contributed by atoms with Crippen LogP contribution in [0.1, 0.15) is 75.6 Å². The van der Waals surface area contributed by atoms with E-state index in [4.69, 9.17) is 14.7 Å². The summed E-state index contributed by atoms with van der Waals surface area (Å²) in [5.74, 6) is 4.27. The normalized spacial score (nSPS) is 16.7. The van der Waals surface area contributed by atoms with E-state index in [1.165, 1.54) is 29.5 Å². The molecule has 5 heteroatoms. The van der Waals surface area contributed by atoms with Crippen molar-refractivity contribution < 1.29 is 4.74 Å². The predicted octanol–water partition coefficient (Wildman–Crippen LogP) is 6.53. The summed E-state index contributed by atoms with van der Waals surface area (Å²) in [6, 6.07) is 15.3. The molecule has 2 fully saturated rings. The van der Waals surface area contributed by atoms with Crippen molar-refractivity contribution in [2.45, 2.75) is 64.2 Å². The fourth-order valence-corrected chi connectivity index (χ4v) is 5.40. The summed E-state index contributed by atoms with van der Waals surface area (Å²) in [5, 5.41) is 1.20. The van der Waals surface area contributed by atoms with Crippen molar-refractivity contribution in [3.05, 3.63) is 53.9 Å². The quantitative estimate of drug-likeness (QED) is 0.365. The number of nitrogens with zero attached hydrogens (tertiary/aromatic N) is 4. The maximum Gasteiger partial charge on any atom is 0.140 e. The topological polar surface area (TPSA) is 41.5 Å². The number of methoxy groups -OCH3 is 1. The van der Waals surface area contributed by atoms with Crippen LogP contribution in [-0.4, -0.2) is 43.3 Å². The van der Waals surface area contributed by atoms with Crippen molar-refractivity contribution in [3.63, 3.8) is 0 Å². The molecule has 3 aromatic rings. The summed E-state index contributed by atoms with van der Waals surface area (Å²) >= 11 is 0. The first-order chi connectivity index (χ1) is 16.7. The van der Waals surface area contributed by atoms with Gasteiger partial charge in [0.15, 0.2) is 0 Å². The van der Waals surface area contributed by atoms with Crippen LogP contribution in [0, 0.1) is 0 Å². The van der Waals surface area contributed by atoms with Crippen LogP contribution in [-0.2, 0) is 0 Å². The van der Waals surface area contributed by atoms with Gasteiger partial charge in [-0.05, 0) is 74.3 Å². The first-order valence-electron chi connectivity index (χ1n) is 13.2. The molecule has 180 valence electrons. The Morgan fingerprint density at radius 2 is 1.65 bits per heavy atom. The predicted molar refractivity (Wildman–Crippen MR) is 141 cm³/mol. The molecule has 0 bridgehead atoms. The average molecular weight is 459 g/mol. The molecule has 1 aliphatic carbocycles. The van der Waals surface area contributed by atoms with Crippen LogP contribution in [0.4, 0.5) is 11.5 Å². The lowest BCUT2D eigenvalue weighted by Crippen LogP contribution is -2.34. The van der Waals surface area contributed by atoms with Crippen molar-refractivity contribution in [1.82, 2.24) is 9.97 Å². The number of hydrogen-bond donors (Lipinski definition) is 0. The third-order valence-electron chi connectivity index (χ3n) is 7.34. The largest absolute Gasteiger partial charge is 0.496 e. The number of para-hydroxylation sites is 1. The molecule has 0 unspecified atom stereocenters. The molecule has 2 aromatic carbocycles. The van der Waals surface area contributed by atoms with E-state index in [2.05, 4.69) is 66.1 Å². The lowest BCUT2D eigenvalue weighted by Gasteiger charge is -2.34. The third kappa shape index (κ3) is 4.70. The summed E-state index contributed by atoms with van der Waals surface area (Å²) in [7, 11) is 1.78. The molecule has 1 aliphatic heterocycles. The fourth-order valence-electron chi connectivity index (χ4n) is 5.40. The van der Waals surface area contributed by atoms with E-state index >= 15 is 0 Å². The van der Waals surface area contributed by atoms with Gasteiger partial charge in [0.25, 0.3) is 0 Å². The number of rotatable bonds is 9. The minimum atomic E-state index is 0.531. The second kappa shape index (κ2) is 10.2. The Morgan fingerprint density at radius 1 is 0.912 bits per heavy atom. The molecule has 0 atom stereocenters. The van der Waals surface area contributed by atoms with Crippen LogP contribution in [0.2, 0.25) is 0 Å². The summed E-state index contributed by atoms with van der Waals surface area (Å²) in [6.45, 7) is 8.70. The Morgan fingerprint density at radius 3 is 2.32 bits per heavy atom. The molecule has 5 rings (SSSR count). The molecule has 0 N–H and O–H groups in total. The zero-order valence-electron chi connectivity index (χ0n) is 21.0. The molecule has 1 saturated carbocycles. The minimum Gasteiger partial charge on any atom is -0.496 e. The van der Waals surface area contributed by atoms with Gasteiger partial charge in [-0.25, -0.2) is 9.97 Å². The van der Waals surface area contributed by atoms with Crippen molar-refractivity contribution in [2.24, 2.45) is 0 Å². The molecule has 2 aliphatic rings. The lowest BCUT2D eigenvalue weighted by atomic mass is 9.88. The van der Waals surface area contributed by atoms with Crippen LogP contribution in [0.3, 0.4) is 0 Å². The van der Waals surface area contributed by atoms with E-state index in [9.17, 15) is 0 Å². The zero-order chi connectivity index (χ0) is 23.5. The van der Waals surface area contributed by atoms with Gasteiger partial charge in [-0.2, -0.15) is 0 Å². The van der Waals surface area contributed by atoms with Gasteiger partial charge in [0.1, 0.15) is 17.4 Å². The molecule has 34 heavy (non-hydrogen) atoms. The van der Waals surface area contributed by atoms with Gasteiger partial charge < -0.3 is 14.5 Å². The van der Waals surface area contributed by atoms with Crippen LogP contribution >= 0.6 is 0 Å². The number of benzene rings is 2.